The molecule has 0 spiro atoms. The van der Waals surface area contributed by atoms with Gasteiger partial charge in [0.25, 0.3) is 11.8 Å². The van der Waals surface area contributed by atoms with Crippen LogP contribution in [0.1, 0.15) is 20.7 Å². The van der Waals surface area contributed by atoms with Crippen molar-refractivity contribution < 1.29 is 9.59 Å². The predicted octanol–water partition coefficient (Wildman–Crippen LogP) is 3.28. The Hall–Kier alpha value is -2.25. The molecular formula is C17H16BrN3O2S. The first-order valence-corrected chi connectivity index (χ1v) is 8.26. The molecule has 0 saturated carbocycles. The summed E-state index contributed by atoms with van der Waals surface area (Å²) in [6, 6.07) is 13.9. The zero-order chi connectivity index (χ0) is 17.7. The van der Waals surface area contributed by atoms with Crippen LogP contribution < -0.4 is 10.6 Å². The van der Waals surface area contributed by atoms with Gasteiger partial charge in [0.05, 0.1) is 0 Å². The maximum atomic E-state index is 12.1. The summed E-state index contributed by atoms with van der Waals surface area (Å²) in [4.78, 5) is 25.6. The van der Waals surface area contributed by atoms with Gasteiger partial charge in [0.15, 0.2) is 5.11 Å². The van der Waals surface area contributed by atoms with Gasteiger partial charge in [0.2, 0.25) is 0 Å². The third kappa shape index (κ3) is 4.87. The Balaban J connectivity index is 2.02. The Morgan fingerprint density at radius 3 is 2.33 bits per heavy atom. The Bertz CT molecular complexity index is 776. The van der Waals surface area contributed by atoms with Crippen LogP contribution in [0.4, 0.5) is 5.69 Å². The minimum absolute atomic E-state index is 0.108. The highest BCUT2D eigenvalue weighted by Crippen LogP contribution is 2.13. The number of carbonyl (C=O) groups is 2. The molecule has 0 saturated heterocycles. The molecule has 0 aliphatic carbocycles. The smallest absolute Gasteiger partial charge is 0.257 e. The Morgan fingerprint density at radius 1 is 1.04 bits per heavy atom. The van der Waals surface area contributed by atoms with Gasteiger partial charge < -0.3 is 10.2 Å². The molecule has 0 aliphatic heterocycles. The largest absolute Gasteiger partial charge is 0.345 e. The number of anilines is 1. The van der Waals surface area contributed by atoms with Crippen LogP contribution in [0.5, 0.6) is 0 Å². The molecule has 124 valence electrons. The SMILES string of the molecule is CN(C)C(=O)c1cccc(NC(=S)NC(=O)c2ccc(Br)cc2)c1. The lowest BCUT2D eigenvalue weighted by Gasteiger charge is -2.13. The number of halogens is 1. The molecule has 0 radical (unpaired) electrons. The summed E-state index contributed by atoms with van der Waals surface area (Å²) in [5.74, 6) is -0.413. The first-order chi connectivity index (χ1) is 11.4. The topological polar surface area (TPSA) is 61.4 Å². The van der Waals surface area contributed by atoms with Crippen molar-refractivity contribution in [3.05, 3.63) is 64.1 Å². The van der Waals surface area contributed by atoms with Crippen LogP contribution in [0.3, 0.4) is 0 Å². The van der Waals surface area contributed by atoms with Crippen LogP contribution in [-0.4, -0.2) is 35.9 Å². The first kappa shape index (κ1) is 18.1. The van der Waals surface area contributed by atoms with Crippen LogP contribution in [0, 0.1) is 0 Å². The predicted molar refractivity (Wildman–Crippen MR) is 102 cm³/mol. The number of hydrogen-bond donors (Lipinski definition) is 2. The number of rotatable bonds is 3. The maximum absolute atomic E-state index is 12.1. The average molecular weight is 406 g/mol. The second-order valence-corrected chi connectivity index (χ2v) is 6.52. The van der Waals surface area contributed by atoms with Crippen molar-refractivity contribution in [3.63, 3.8) is 0 Å². The standard InChI is InChI=1S/C17H16BrN3O2S/c1-21(2)16(23)12-4-3-5-14(10-12)19-17(24)20-15(22)11-6-8-13(18)9-7-11/h3-10H,1-2H3,(H2,19,20,22,24). The highest BCUT2D eigenvalue weighted by molar-refractivity contribution is 9.10. The minimum atomic E-state index is -0.305. The van der Waals surface area contributed by atoms with E-state index in [0.29, 0.717) is 16.8 Å². The number of benzene rings is 2. The molecule has 2 aromatic carbocycles. The lowest BCUT2D eigenvalue weighted by molar-refractivity contribution is 0.0827. The van der Waals surface area contributed by atoms with Crippen LogP contribution in [-0.2, 0) is 0 Å². The van der Waals surface area contributed by atoms with Gasteiger partial charge >= 0.3 is 0 Å². The molecule has 0 bridgehead atoms. The molecule has 24 heavy (non-hydrogen) atoms. The molecule has 7 heteroatoms. The number of amides is 2. The highest BCUT2D eigenvalue weighted by Gasteiger charge is 2.10. The summed E-state index contributed by atoms with van der Waals surface area (Å²) < 4.78 is 0.891. The van der Waals surface area contributed by atoms with E-state index in [-0.39, 0.29) is 16.9 Å². The summed E-state index contributed by atoms with van der Waals surface area (Å²) in [6.07, 6.45) is 0. The summed E-state index contributed by atoms with van der Waals surface area (Å²) in [7, 11) is 3.37. The van der Waals surface area contributed by atoms with Gasteiger partial charge in [0, 0.05) is 35.4 Å². The number of hydrogen-bond acceptors (Lipinski definition) is 3. The van der Waals surface area contributed by atoms with Crippen LogP contribution in [0.2, 0.25) is 0 Å². The fourth-order valence-corrected chi connectivity index (χ4v) is 2.40. The molecule has 0 unspecified atom stereocenters. The fraction of sp³-hybridized carbons (Fsp3) is 0.118. The lowest BCUT2D eigenvalue weighted by atomic mass is 10.2. The van der Waals surface area contributed by atoms with E-state index in [4.69, 9.17) is 12.2 Å². The summed E-state index contributed by atoms with van der Waals surface area (Å²) >= 11 is 8.47. The molecule has 0 aliphatic rings. The zero-order valence-corrected chi connectivity index (χ0v) is 15.6. The lowest BCUT2D eigenvalue weighted by Crippen LogP contribution is -2.34. The van der Waals surface area contributed by atoms with Crippen molar-refractivity contribution >= 4 is 50.8 Å². The van der Waals surface area contributed by atoms with Gasteiger partial charge in [-0.05, 0) is 54.7 Å². The quantitative estimate of drug-likeness (QED) is 0.769. The van der Waals surface area contributed by atoms with Crippen molar-refractivity contribution in [1.82, 2.24) is 10.2 Å². The third-order valence-electron chi connectivity index (χ3n) is 3.11. The molecule has 5 nitrogen and oxygen atoms in total. The van der Waals surface area contributed by atoms with Gasteiger partial charge in [-0.3, -0.25) is 14.9 Å². The van der Waals surface area contributed by atoms with E-state index in [2.05, 4.69) is 26.6 Å². The monoisotopic (exact) mass is 405 g/mol. The van der Waals surface area contributed by atoms with E-state index in [9.17, 15) is 9.59 Å². The molecule has 2 aromatic rings. The second kappa shape index (κ2) is 8.03. The average Bonchev–Trinajstić information content (AvgIpc) is 2.54. The molecule has 0 atom stereocenters. The number of nitrogens with zero attached hydrogens (tertiary/aromatic N) is 1. The minimum Gasteiger partial charge on any atom is -0.345 e. The Labute approximate surface area is 154 Å². The number of nitrogens with one attached hydrogen (secondary N) is 2. The van der Waals surface area contributed by atoms with Gasteiger partial charge in [-0.15, -0.1) is 0 Å². The molecule has 0 aromatic heterocycles. The van der Waals surface area contributed by atoms with E-state index in [0.717, 1.165) is 4.47 Å². The molecule has 2 N–H and O–H groups in total. The van der Waals surface area contributed by atoms with E-state index < -0.39 is 0 Å². The van der Waals surface area contributed by atoms with Crippen molar-refractivity contribution in [2.75, 3.05) is 19.4 Å². The van der Waals surface area contributed by atoms with Gasteiger partial charge in [-0.25, -0.2) is 0 Å². The Morgan fingerprint density at radius 2 is 1.71 bits per heavy atom. The molecule has 0 fully saturated rings. The summed E-state index contributed by atoms with van der Waals surface area (Å²) in [5, 5.41) is 5.68. The second-order valence-electron chi connectivity index (χ2n) is 5.20. The van der Waals surface area contributed by atoms with Crippen molar-refractivity contribution in [3.8, 4) is 0 Å². The summed E-state index contributed by atoms with van der Waals surface area (Å²) in [6.45, 7) is 0. The van der Waals surface area contributed by atoms with Crippen LogP contribution in [0.15, 0.2) is 53.0 Å². The number of carbonyl (C=O) groups excluding carboxylic acids is 2. The van der Waals surface area contributed by atoms with Gasteiger partial charge in [-0.1, -0.05) is 22.0 Å². The fourth-order valence-electron chi connectivity index (χ4n) is 1.93. The van der Waals surface area contributed by atoms with Gasteiger partial charge in [0.1, 0.15) is 0 Å². The third-order valence-corrected chi connectivity index (χ3v) is 3.84. The zero-order valence-electron chi connectivity index (χ0n) is 13.2. The molecule has 2 rings (SSSR count). The van der Waals surface area contributed by atoms with Crippen molar-refractivity contribution in [2.45, 2.75) is 0 Å². The van der Waals surface area contributed by atoms with Crippen LogP contribution in [0.25, 0.3) is 0 Å². The van der Waals surface area contributed by atoms with E-state index in [1.165, 1.54) is 4.90 Å². The van der Waals surface area contributed by atoms with E-state index in [1.54, 1.807) is 62.6 Å². The maximum Gasteiger partial charge on any atom is 0.257 e. The molecule has 0 heterocycles. The van der Waals surface area contributed by atoms with E-state index in [1.807, 2.05) is 0 Å². The van der Waals surface area contributed by atoms with Crippen LogP contribution >= 0.6 is 28.1 Å². The van der Waals surface area contributed by atoms with Gasteiger partial charge in [-0.2, -0.15) is 0 Å². The molecular weight excluding hydrogens is 390 g/mol. The van der Waals surface area contributed by atoms with Crippen molar-refractivity contribution in [1.29, 1.82) is 0 Å². The highest BCUT2D eigenvalue weighted by atomic mass is 79.9. The normalized spacial score (nSPS) is 9.96. The summed E-state index contributed by atoms with van der Waals surface area (Å²) in [5.41, 5.74) is 1.66. The van der Waals surface area contributed by atoms with Crippen molar-refractivity contribution in [2.24, 2.45) is 0 Å². The number of thiocarbonyl (C=S) groups is 1. The van der Waals surface area contributed by atoms with E-state index >= 15 is 0 Å². The first-order valence-electron chi connectivity index (χ1n) is 7.06. The Kier molecular flexibility index (Phi) is 6.05. The molecule has 2 amide bonds.